The molecular weight excluding hydrogens is 1920 g/mol. The first-order valence-corrected chi connectivity index (χ1v) is 51.4. The number of carbonyl (C=O) groups excluding carboxylic acids is 7. The van der Waals surface area contributed by atoms with Gasteiger partial charge in [-0.05, 0) is 251 Å². The Hall–Kier alpha value is -12.0. The average Bonchev–Trinajstić information content (AvgIpc) is 1.64. The minimum absolute atomic E-state index is 0. The van der Waals surface area contributed by atoms with Gasteiger partial charge in [-0.2, -0.15) is 0 Å². The van der Waals surface area contributed by atoms with E-state index in [0.717, 1.165) is 117 Å². The summed E-state index contributed by atoms with van der Waals surface area (Å²) in [4.78, 5) is 127. The summed E-state index contributed by atoms with van der Waals surface area (Å²) in [6, 6.07) is 32.8. The number of nitrogens with two attached hydrogens (primary N) is 1. The fourth-order valence-electron chi connectivity index (χ4n) is 19.0. The number of hydrogen-bond acceptors (Lipinski definition) is 23. The molecule has 10 N–H and O–H groups in total. The Labute approximate surface area is 856 Å². The van der Waals surface area contributed by atoms with E-state index in [9.17, 15) is 66.1 Å². The van der Waals surface area contributed by atoms with E-state index in [1.54, 1.807) is 139 Å². The lowest BCUT2D eigenvalue weighted by molar-refractivity contribution is -0.145. The maximum absolute atomic E-state index is 14.7. The number of benzene rings is 6. The van der Waals surface area contributed by atoms with Crippen LogP contribution in [0.15, 0.2) is 151 Å². The molecule has 4 aliphatic carbocycles. The highest BCUT2D eigenvalue weighted by molar-refractivity contribution is 7.13. The zero-order chi connectivity index (χ0) is 103. The van der Waals surface area contributed by atoms with Crippen LogP contribution in [0.25, 0.3) is 42.7 Å². The zero-order valence-corrected chi connectivity index (χ0v) is 85.2. The number of nitrogens with one attached hydrogen (secondary N) is 5. The lowest BCUT2D eigenvalue weighted by Gasteiger charge is -2.35. The molecule has 8 atom stereocenters. The molecule has 6 fully saturated rings. The monoisotopic (exact) mass is 2060 g/mol. The minimum Gasteiger partial charge on any atom is -0.491 e. The van der Waals surface area contributed by atoms with Gasteiger partial charge in [-0.15, -0.1) is 22.7 Å². The Morgan fingerprint density at radius 3 is 1.32 bits per heavy atom. The van der Waals surface area contributed by atoms with Crippen molar-refractivity contribution in [1.82, 2.24) is 51.0 Å². The second-order valence-electron chi connectivity index (χ2n) is 40.5. The molecule has 0 spiro atoms. The Morgan fingerprint density at radius 2 is 0.931 bits per heavy atom. The predicted molar refractivity (Wildman–Crippen MR) is 549 cm³/mol. The number of rotatable bonds is 37. The first-order chi connectivity index (χ1) is 68.7. The summed E-state index contributed by atoms with van der Waals surface area (Å²) in [6.07, 6.45) is 9.43. The van der Waals surface area contributed by atoms with Crippen molar-refractivity contribution in [2.45, 2.75) is 239 Å². The molecule has 10 aromatic rings. The van der Waals surface area contributed by atoms with Crippen LogP contribution in [0, 0.1) is 60.0 Å². The summed E-state index contributed by atoms with van der Waals surface area (Å²) in [5.74, 6) is -2.23. The highest BCUT2D eigenvalue weighted by atomic mass is 35.5. The van der Waals surface area contributed by atoms with Gasteiger partial charge in [-0.25, -0.2) is 27.5 Å². The van der Waals surface area contributed by atoms with Crippen molar-refractivity contribution in [3.63, 3.8) is 0 Å². The van der Waals surface area contributed by atoms with E-state index in [1.165, 1.54) is 44.6 Å². The molecule has 0 unspecified atom stereocenters. The first-order valence-electron chi connectivity index (χ1n) is 49.2. The molecule has 6 aromatic carbocycles. The fourth-order valence-corrected chi connectivity index (χ4v) is 20.8. The smallest absolute Gasteiger partial charge is 0.306 e. The van der Waals surface area contributed by atoms with Crippen LogP contribution in [-0.2, 0) is 60.9 Å². The normalized spacial score (nSPS) is 20.1. The lowest BCUT2D eigenvalue weighted by atomic mass is 9.73. The molecule has 36 heteroatoms. The summed E-state index contributed by atoms with van der Waals surface area (Å²) in [6.45, 7) is 20.1. The molecule has 0 radical (unpaired) electrons. The Balaban J connectivity index is 0.000000207. The van der Waals surface area contributed by atoms with Gasteiger partial charge in [-0.3, -0.25) is 48.3 Å². The molecule has 29 nitrogen and oxygen atoms in total. The van der Waals surface area contributed by atoms with Crippen molar-refractivity contribution in [1.29, 1.82) is 0 Å². The summed E-state index contributed by atoms with van der Waals surface area (Å²) in [5.41, 5.74) is 13.7. The number of nitrogen functional groups attached to an aromatic ring is 1. The molecule has 6 aliphatic rings. The van der Waals surface area contributed by atoms with Crippen LogP contribution in [0.1, 0.15) is 198 Å². The molecule has 6 heterocycles. The first kappa shape index (κ1) is 110. The highest BCUT2D eigenvalue weighted by Crippen LogP contribution is 2.47. The van der Waals surface area contributed by atoms with E-state index >= 15 is 0 Å². The Bertz CT molecular complexity index is 6200. The van der Waals surface area contributed by atoms with E-state index in [1.807, 2.05) is 69.3 Å². The van der Waals surface area contributed by atoms with Crippen LogP contribution >= 0.6 is 34.3 Å². The molecule has 4 saturated carbocycles. The van der Waals surface area contributed by atoms with Gasteiger partial charge >= 0.3 is 5.97 Å². The van der Waals surface area contributed by atoms with Crippen molar-refractivity contribution < 1.29 is 99.7 Å². The Morgan fingerprint density at radius 1 is 0.517 bits per heavy atom. The lowest BCUT2D eigenvalue weighted by Crippen LogP contribution is -2.59. The molecule has 16 rings (SSSR count). The molecule has 145 heavy (non-hydrogen) atoms. The second-order valence-corrected chi connectivity index (χ2v) is 42.6. The van der Waals surface area contributed by atoms with Gasteiger partial charge in [0.15, 0.2) is 11.3 Å². The SMILES string of the molecule is C.C[C@@H](C(=O)O)C1CCC(c2ccnc3ccc(F)cc23)CC1.Cc1ncsc1-c1ccc(CNC(=O)[C@@H]2C[C@@H](O)CN2C(=O)[C@@H](NC(=O)C2(F)CC2)C(C)(C)C)c(OCCOCCOc2ccc(N)cc2)c1.Cc1ncsc1-c1ccc(CNC(=O)[C@@H]2C[C@@H](O)CN2C(=O)[C@@H](NC(=O)C2(F)CC2)C(C)(C)C)c(OCCOCCOc2ccc(NC(=O)[C@H](C)C3CCC(c4ccnc5ccc(F)cc45)CC3)cc2Cl)c1. The van der Waals surface area contributed by atoms with Crippen LogP contribution < -0.4 is 51.3 Å². The number of likely N-dealkylation sites (tertiary alicyclic amines) is 2. The number of nitrogens with zero attached hydrogens (tertiary/aromatic N) is 6. The van der Waals surface area contributed by atoms with Gasteiger partial charge in [0.2, 0.25) is 29.5 Å². The summed E-state index contributed by atoms with van der Waals surface area (Å²) < 4.78 is 92.3. The largest absolute Gasteiger partial charge is 0.491 e. The highest BCUT2D eigenvalue weighted by Gasteiger charge is 2.55. The third kappa shape index (κ3) is 28.7. The van der Waals surface area contributed by atoms with E-state index in [0.29, 0.717) is 76.3 Å². The summed E-state index contributed by atoms with van der Waals surface area (Å²) >= 11 is 9.60. The van der Waals surface area contributed by atoms with Gasteiger partial charge in [0, 0.05) is 90.6 Å². The number of ether oxygens (including phenoxy) is 6. The number of aliphatic carboxylic acids is 1. The van der Waals surface area contributed by atoms with Crippen molar-refractivity contribution in [2.75, 3.05) is 77.0 Å². The third-order valence-corrected chi connectivity index (χ3v) is 30.2. The summed E-state index contributed by atoms with van der Waals surface area (Å²) in [5, 5.41) is 46.4. The number of anilines is 2. The van der Waals surface area contributed by atoms with Crippen LogP contribution in [0.3, 0.4) is 0 Å². The maximum atomic E-state index is 14.7. The average molecular weight is 2060 g/mol. The number of alkyl halides is 2. The van der Waals surface area contributed by atoms with Crippen molar-refractivity contribution >= 4 is 115 Å². The van der Waals surface area contributed by atoms with Crippen LogP contribution in [0.4, 0.5) is 28.9 Å². The zero-order valence-electron chi connectivity index (χ0n) is 82.8. The molecule has 4 aromatic heterocycles. The molecular formula is C109H133ClF4N12O17S2. The number of carbonyl (C=O) groups is 8. The quantitative estimate of drug-likeness (QED) is 0.00992. The summed E-state index contributed by atoms with van der Waals surface area (Å²) in [7, 11) is 0. The van der Waals surface area contributed by atoms with Crippen molar-refractivity contribution in [2.24, 2.45) is 34.5 Å². The minimum atomic E-state index is -1.99. The molecule has 2 aliphatic heterocycles. The van der Waals surface area contributed by atoms with Gasteiger partial charge in [0.05, 0.1) is 92.8 Å². The van der Waals surface area contributed by atoms with Crippen LogP contribution in [0.5, 0.6) is 23.0 Å². The van der Waals surface area contributed by atoms with Gasteiger partial charge in [-0.1, -0.05) is 98.7 Å². The van der Waals surface area contributed by atoms with Gasteiger partial charge in [0.1, 0.15) is 85.2 Å². The Kier molecular flexibility index (Phi) is 37.3. The number of carboxylic acids is 1. The number of carboxylic acid groups (broad SMARTS) is 1. The number of β-amino-alcohol motifs (C(OH)–C–C–N with tert-alkyl or cyclic N) is 2. The number of amides is 7. The molecule has 0 bridgehead atoms. The number of halogens is 5. The van der Waals surface area contributed by atoms with E-state index in [2.05, 4.69) is 46.5 Å². The molecule has 778 valence electrons. The van der Waals surface area contributed by atoms with E-state index in [4.69, 9.17) is 50.9 Å². The van der Waals surface area contributed by atoms with Crippen LogP contribution in [-0.4, -0.2) is 206 Å². The number of aliphatic hydroxyl groups is 2. The number of aliphatic hydroxyl groups excluding tert-OH is 2. The molecule has 7 amide bonds. The standard InChI is InChI=1S/C54H63ClF2N6O8S.C36H46FN5O7S.C18H20FNO2.CH4/c1-31(33-6-8-34(9-7-33)40-16-19-58-43-14-12-37(56)25-41(40)43)49(65)61-38-13-15-45(42(55)26-38)70-22-20-69-21-23-71-46-24-35(47-32(2)60-30-72-47)10-11-36(46)28-59-50(66)44-27-39(64)29-63(44)51(67)48(53(3,4)5)62-52(68)54(57)17-18-54;1-22-30(50-21-40-22)23-5-6-24(29(17-23)49-16-14-47-13-15-48-27-9-7-25(38)8-10-27)19-39-32(44)28-18-26(43)20-42(28)33(45)31(35(2,3)4)41-34(46)36(37)11-12-36;1-11(18(21)22)12-2-4-13(5-3-12)15-8-9-20-17-7-6-14(19)10-16(15)17;/h10-16,19,24-26,30-31,33-34,39,44,48,64H,6-9,17-18,20-23,27-29H2,1-5H3,(H,59,66)(H,61,65)(H,62,68);5-10,17,21,26,28,31,43H,11-16,18-20,38H2,1-4H3,(H,39,44)(H,41,46);6-13H,2-5H2,1H3,(H,21,22);1H4/t31-,33?,34?,39-,44+,48-;26-,28+,31-;11-,12?,13?;/m111./s1. The fraction of sp³-hybridized carbons (Fsp3) is 0.486. The maximum Gasteiger partial charge on any atom is 0.306 e. The number of aryl methyl sites for hydroxylation is 2. The topological polar surface area (TPSA) is 397 Å². The number of hydrogen-bond donors (Lipinski definition) is 9. The van der Waals surface area contributed by atoms with E-state index < -0.39 is 100.0 Å². The number of pyridine rings is 2. The second kappa shape index (κ2) is 49.0. The predicted octanol–water partition coefficient (Wildman–Crippen LogP) is 17.9. The van der Waals surface area contributed by atoms with Crippen molar-refractivity contribution in [3.05, 3.63) is 201 Å². The van der Waals surface area contributed by atoms with Gasteiger partial charge in [0.25, 0.3) is 11.8 Å². The van der Waals surface area contributed by atoms with Gasteiger partial charge < -0.3 is 85.9 Å². The molecule has 2 saturated heterocycles. The third-order valence-electron chi connectivity index (χ3n) is 27.9. The van der Waals surface area contributed by atoms with Crippen molar-refractivity contribution in [3.8, 4) is 43.9 Å². The number of thiazole rings is 2. The van der Waals surface area contributed by atoms with E-state index in [-0.39, 0.29) is 152 Å². The number of fused-ring (bicyclic) bond motifs is 2. The number of aromatic nitrogens is 4. The van der Waals surface area contributed by atoms with Crippen LogP contribution in [0.2, 0.25) is 5.02 Å².